The van der Waals surface area contributed by atoms with Crippen molar-refractivity contribution in [1.29, 1.82) is 0 Å². The lowest BCUT2D eigenvalue weighted by atomic mass is 10.0. The van der Waals surface area contributed by atoms with Gasteiger partial charge in [0.25, 0.3) is 5.91 Å². The van der Waals surface area contributed by atoms with Crippen molar-refractivity contribution in [2.24, 2.45) is 0 Å². The topological polar surface area (TPSA) is 174 Å². The quantitative estimate of drug-likeness (QED) is 0.150. The van der Waals surface area contributed by atoms with Crippen LogP contribution in [0.1, 0.15) is 51.9 Å². The molecule has 0 aliphatic carbocycles. The van der Waals surface area contributed by atoms with E-state index in [-0.39, 0.29) is 0 Å². The zero-order valence-electron chi connectivity index (χ0n) is 15.0. The molecule has 0 aliphatic heterocycles. The first-order chi connectivity index (χ1) is 12.1. The molecular weight excluding hydrogens is 370 g/mol. The lowest BCUT2D eigenvalue weighted by molar-refractivity contribution is -0.148. The van der Waals surface area contributed by atoms with Gasteiger partial charge < -0.3 is 25.7 Å². The minimum atomic E-state index is -4.83. The first-order valence-electron chi connectivity index (χ1n) is 8.72. The standard InChI is InChI=1S/C15H31NO9S/c1-2-3-4-5-6-7-8-9-16-15(21)14(20)13(19)12(18)11(17)10-25-26(22,23)24/h11-14,17-20H,2-10H2,1H3,(H,16,21)(H,22,23,24)/t11-,12-,13+,14-/m1/s1. The predicted molar refractivity (Wildman–Crippen MR) is 92.5 cm³/mol. The summed E-state index contributed by atoms with van der Waals surface area (Å²) in [4.78, 5) is 11.7. The number of nitrogens with one attached hydrogen (secondary N) is 1. The molecule has 6 N–H and O–H groups in total. The van der Waals surface area contributed by atoms with Crippen LogP contribution in [-0.4, -0.2) is 76.9 Å². The summed E-state index contributed by atoms with van der Waals surface area (Å²) in [6, 6.07) is 0. The Hall–Kier alpha value is -0.820. The zero-order valence-corrected chi connectivity index (χ0v) is 15.8. The second kappa shape index (κ2) is 13.4. The Morgan fingerprint density at radius 2 is 1.50 bits per heavy atom. The summed E-state index contributed by atoms with van der Waals surface area (Å²) < 4.78 is 33.0. The van der Waals surface area contributed by atoms with Gasteiger partial charge in [0.05, 0.1) is 6.61 Å². The summed E-state index contributed by atoms with van der Waals surface area (Å²) in [6.45, 7) is 1.37. The number of hydrogen-bond donors (Lipinski definition) is 6. The highest BCUT2D eigenvalue weighted by atomic mass is 32.3. The van der Waals surface area contributed by atoms with Crippen LogP contribution in [0.2, 0.25) is 0 Å². The summed E-state index contributed by atoms with van der Waals surface area (Å²) in [5.74, 6) is -0.926. The smallest absolute Gasteiger partial charge is 0.388 e. The highest BCUT2D eigenvalue weighted by Gasteiger charge is 2.34. The molecule has 156 valence electrons. The van der Waals surface area contributed by atoms with Gasteiger partial charge in [0.1, 0.15) is 18.3 Å². The van der Waals surface area contributed by atoms with Crippen molar-refractivity contribution >= 4 is 16.3 Å². The van der Waals surface area contributed by atoms with Gasteiger partial charge in [0.15, 0.2) is 6.10 Å². The molecule has 0 bridgehead atoms. The fraction of sp³-hybridized carbons (Fsp3) is 0.933. The van der Waals surface area contributed by atoms with Crippen molar-refractivity contribution in [3.05, 3.63) is 0 Å². The summed E-state index contributed by atoms with van der Waals surface area (Å²) in [6.07, 6.45) is -0.769. The molecule has 0 unspecified atom stereocenters. The van der Waals surface area contributed by atoms with Gasteiger partial charge >= 0.3 is 10.4 Å². The summed E-state index contributed by atoms with van der Waals surface area (Å²) in [7, 11) is -4.83. The molecule has 0 aliphatic rings. The predicted octanol–water partition coefficient (Wildman–Crippen LogP) is -0.884. The van der Waals surface area contributed by atoms with Crippen molar-refractivity contribution in [1.82, 2.24) is 5.32 Å². The lowest BCUT2D eigenvalue weighted by Gasteiger charge is -2.25. The van der Waals surface area contributed by atoms with Crippen LogP contribution in [0.25, 0.3) is 0 Å². The molecule has 0 radical (unpaired) electrons. The maximum Gasteiger partial charge on any atom is 0.397 e. The fourth-order valence-corrected chi connectivity index (χ4v) is 2.53. The van der Waals surface area contributed by atoms with Gasteiger partial charge in [-0.05, 0) is 6.42 Å². The van der Waals surface area contributed by atoms with Crippen LogP contribution in [0.3, 0.4) is 0 Å². The first-order valence-corrected chi connectivity index (χ1v) is 10.1. The monoisotopic (exact) mass is 401 g/mol. The van der Waals surface area contributed by atoms with Gasteiger partial charge in [-0.2, -0.15) is 8.42 Å². The summed E-state index contributed by atoms with van der Waals surface area (Å²) in [5, 5.41) is 40.9. The SMILES string of the molecule is CCCCCCCCCNC(=O)[C@H](O)[C@@H](O)[C@H](O)[C@H](O)COS(=O)(=O)O. The minimum absolute atomic E-state index is 0.293. The molecule has 10 nitrogen and oxygen atoms in total. The molecule has 0 saturated carbocycles. The van der Waals surface area contributed by atoms with Gasteiger partial charge in [-0.1, -0.05) is 45.4 Å². The Morgan fingerprint density at radius 3 is 2.04 bits per heavy atom. The van der Waals surface area contributed by atoms with E-state index in [4.69, 9.17) is 4.55 Å². The van der Waals surface area contributed by atoms with Gasteiger partial charge in [0, 0.05) is 6.54 Å². The molecule has 0 saturated heterocycles. The molecule has 0 aromatic heterocycles. The molecule has 0 aromatic rings. The molecule has 0 heterocycles. The van der Waals surface area contributed by atoms with Gasteiger partial charge in [-0.15, -0.1) is 0 Å². The molecule has 26 heavy (non-hydrogen) atoms. The van der Waals surface area contributed by atoms with Crippen LogP contribution < -0.4 is 5.32 Å². The van der Waals surface area contributed by atoms with Crippen LogP contribution in [0, 0.1) is 0 Å². The van der Waals surface area contributed by atoms with E-state index in [0.29, 0.717) is 13.0 Å². The van der Waals surface area contributed by atoms with Gasteiger partial charge in [-0.25, -0.2) is 4.18 Å². The number of carbonyl (C=O) groups is 1. The maximum atomic E-state index is 11.7. The van der Waals surface area contributed by atoms with E-state index in [1.54, 1.807) is 0 Å². The Morgan fingerprint density at radius 1 is 0.962 bits per heavy atom. The van der Waals surface area contributed by atoms with Crippen LogP contribution >= 0.6 is 0 Å². The fourth-order valence-electron chi connectivity index (χ4n) is 2.22. The number of carbonyl (C=O) groups excluding carboxylic acids is 1. The van der Waals surface area contributed by atoms with E-state index in [0.717, 1.165) is 19.3 Å². The third-order valence-electron chi connectivity index (χ3n) is 3.80. The molecule has 0 rings (SSSR count). The van der Waals surface area contributed by atoms with Crippen molar-refractivity contribution in [3.8, 4) is 0 Å². The molecule has 0 aromatic carbocycles. The third kappa shape index (κ3) is 11.7. The molecule has 0 fully saturated rings. The lowest BCUT2D eigenvalue weighted by Crippen LogP contribution is -2.52. The number of rotatable bonds is 15. The Labute approximate surface area is 154 Å². The van der Waals surface area contributed by atoms with Crippen molar-refractivity contribution in [3.63, 3.8) is 0 Å². The van der Waals surface area contributed by atoms with E-state index in [2.05, 4.69) is 16.4 Å². The highest BCUT2D eigenvalue weighted by Crippen LogP contribution is 2.08. The molecular formula is C15H31NO9S. The Balaban J connectivity index is 4.09. The zero-order chi connectivity index (χ0) is 20.2. The van der Waals surface area contributed by atoms with E-state index in [1.807, 2.05) is 0 Å². The average Bonchev–Trinajstić information content (AvgIpc) is 2.59. The van der Waals surface area contributed by atoms with Crippen LogP contribution in [0.15, 0.2) is 0 Å². The summed E-state index contributed by atoms with van der Waals surface area (Å²) in [5.41, 5.74) is 0. The molecule has 11 heteroatoms. The number of amides is 1. The number of hydrogen-bond acceptors (Lipinski definition) is 8. The number of aliphatic hydroxyl groups excluding tert-OH is 4. The first kappa shape index (κ1) is 25.2. The van der Waals surface area contributed by atoms with Gasteiger partial charge in [-0.3, -0.25) is 9.35 Å². The maximum absolute atomic E-state index is 11.7. The molecule has 1 amide bonds. The number of unbranched alkanes of at least 4 members (excludes halogenated alkanes) is 6. The van der Waals surface area contributed by atoms with E-state index in [1.165, 1.54) is 19.3 Å². The second-order valence-corrected chi connectivity index (χ2v) is 7.21. The van der Waals surface area contributed by atoms with Crippen molar-refractivity contribution in [2.45, 2.75) is 76.3 Å². The van der Waals surface area contributed by atoms with Crippen molar-refractivity contribution < 1.29 is 42.4 Å². The van der Waals surface area contributed by atoms with Gasteiger partial charge in [0.2, 0.25) is 0 Å². The normalized spacial score (nSPS) is 16.7. The van der Waals surface area contributed by atoms with Crippen LogP contribution in [0.5, 0.6) is 0 Å². The van der Waals surface area contributed by atoms with E-state index in [9.17, 15) is 33.6 Å². The molecule has 0 spiro atoms. The Kier molecular flexibility index (Phi) is 12.9. The second-order valence-electron chi connectivity index (χ2n) is 6.12. The van der Waals surface area contributed by atoms with E-state index >= 15 is 0 Å². The van der Waals surface area contributed by atoms with E-state index < -0.39 is 47.3 Å². The largest absolute Gasteiger partial charge is 0.397 e. The number of aliphatic hydroxyl groups is 4. The van der Waals surface area contributed by atoms with Crippen LogP contribution in [0.4, 0.5) is 0 Å². The minimum Gasteiger partial charge on any atom is -0.388 e. The molecule has 4 atom stereocenters. The highest BCUT2D eigenvalue weighted by molar-refractivity contribution is 7.80. The summed E-state index contributed by atoms with van der Waals surface area (Å²) >= 11 is 0. The average molecular weight is 401 g/mol. The third-order valence-corrected chi connectivity index (χ3v) is 4.24. The Bertz CT molecular complexity index is 486. The van der Waals surface area contributed by atoms with Crippen LogP contribution in [-0.2, 0) is 19.4 Å². The van der Waals surface area contributed by atoms with Crippen molar-refractivity contribution in [2.75, 3.05) is 13.2 Å².